The normalized spacial score (nSPS) is 22.6. The van der Waals surface area contributed by atoms with Gasteiger partial charge in [0.1, 0.15) is 0 Å². The van der Waals surface area contributed by atoms with E-state index < -0.39 is 0 Å². The van der Waals surface area contributed by atoms with Gasteiger partial charge in [0.15, 0.2) is 5.96 Å². The minimum Gasteiger partial charge on any atom is -0.393 e. The van der Waals surface area contributed by atoms with Crippen molar-refractivity contribution in [1.82, 2.24) is 20.4 Å². The van der Waals surface area contributed by atoms with E-state index in [9.17, 15) is 5.11 Å². The Kier molecular flexibility index (Phi) is 6.71. The molecular weight excluding hydrogens is 278 g/mol. The van der Waals surface area contributed by atoms with E-state index >= 15 is 0 Å². The van der Waals surface area contributed by atoms with E-state index in [-0.39, 0.29) is 6.10 Å². The van der Waals surface area contributed by atoms with Crippen molar-refractivity contribution in [3.63, 3.8) is 0 Å². The number of rotatable bonds is 6. The Morgan fingerprint density at radius 1 is 1.41 bits per heavy atom. The Morgan fingerprint density at radius 3 is 2.82 bits per heavy atom. The van der Waals surface area contributed by atoms with E-state index in [4.69, 9.17) is 0 Å². The molecule has 1 fully saturated rings. The summed E-state index contributed by atoms with van der Waals surface area (Å²) in [6.45, 7) is 6.67. The average Bonchev–Trinajstić information content (AvgIpc) is 2.91. The first-order valence-electron chi connectivity index (χ1n) is 8.39. The molecular formula is C16H29N5O. The minimum atomic E-state index is -0.116. The fourth-order valence-corrected chi connectivity index (χ4v) is 2.75. The topological polar surface area (TPSA) is 74.5 Å². The summed E-state index contributed by atoms with van der Waals surface area (Å²) in [5, 5.41) is 20.6. The van der Waals surface area contributed by atoms with Gasteiger partial charge in [0.2, 0.25) is 0 Å². The van der Waals surface area contributed by atoms with Gasteiger partial charge in [-0.05, 0) is 51.5 Å². The monoisotopic (exact) mass is 307 g/mol. The van der Waals surface area contributed by atoms with Crippen molar-refractivity contribution >= 4 is 5.96 Å². The van der Waals surface area contributed by atoms with Gasteiger partial charge in [-0.2, -0.15) is 5.10 Å². The zero-order valence-electron chi connectivity index (χ0n) is 13.8. The number of nitrogens with zero attached hydrogens (tertiary/aromatic N) is 3. The van der Waals surface area contributed by atoms with Crippen LogP contribution in [0.4, 0.5) is 0 Å². The van der Waals surface area contributed by atoms with E-state index in [1.807, 2.05) is 10.9 Å². The van der Waals surface area contributed by atoms with E-state index in [2.05, 4.69) is 40.8 Å². The van der Waals surface area contributed by atoms with E-state index in [1.165, 1.54) is 5.56 Å². The van der Waals surface area contributed by atoms with Gasteiger partial charge < -0.3 is 15.7 Å². The maximum atomic E-state index is 9.57. The van der Waals surface area contributed by atoms with Crippen LogP contribution in [0.2, 0.25) is 0 Å². The summed E-state index contributed by atoms with van der Waals surface area (Å²) in [5.41, 5.74) is 1.19. The second-order valence-electron chi connectivity index (χ2n) is 6.04. The molecule has 0 bridgehead atoms. The molecule has 1 aliphatic rings. The van der Waals surface area contributed by atoms with Gasteiger partial charge >= 0.3 is 0 Å². The maximum Gasteiger partial charge on any atom is 0.191 e. The van der Waals surface area contributed by atoms with Crippen LogP contribution in [-0.4, -0.2) is 46.1 Å². The first-order chi connectivity index (χ1) is 10.7. The fraction of sp³-hybridized carbons (Fsp3) is 0.750. The van der Waals surface area contributed by atoms with Crippen molar-refractivity contribution in [1.29, 1.82) is 0 Å². The predicted octanol–water partition coefficient (Wildman–Crippen LogP) is 1.44. The number of nitrogens with one attached hydrogen (secondary N) is 2. The van der Waals surface area contributed by atoms with Crippen molar-refractivity contribution in [3.8, 4) is 0 Å². The lowest BCUT2D eigenvalue weighted by atomic mass is 9.93. The molecule has 0 aromatic carbocycles. The third-order valence-electron chi connectivity index (χ3n) is 3.96. The lowest BCUT2D eigenvalue weighted by Crippen LogP contribution is -2.45. The Bertz CT molecular complexity index is 463. The van der Waals surface area contributed by atoms with Gasteiger partial charge in [-0.15, -0.1) is 0 Å². The molecule has 0 atom stereocenters. The second kappa shape index (κ2) is 8.78. The maximum absolute atomic E-state index is 9.57. The number of aliphatic hydroxyl groups is 1. The van der Waals surface area contributed by atoms with Crippen molar-refractivity contribution in [2.24, 2.45) is 4.99 Å². The largest absolute Gasteiger partial charge is 0.393 e. The van der Waals surface area contributed by atoms with Gasteiger partial charge in [-0.25, -0.2) is 0 Å². The van der Waals surface area contributed by atoms with Gasteiger partial charge in [-0.3, -0.25) is 9.67 Å². The molecule has 1 aromatic heterocycles. The van der Waals surface area contributed by atoms with Crippen LogP contribution in [0, 0.1) is 6.92 Å². The number of guanidine groups is 1. The molecule has 6 nitrogen and oxygen atoms in total. The van der Waals surface area contributed by atoms with Crippen LogP contribution in [0.3, 0.4) is 0 Å². The molecule has 0 radical (unpaired) electrons. The summed E-state index contributed by atoms with van der Waals surface area (Å²) < 4.78 is 1.97. The van der Waals surface area contributed by atoms with Gasteiger partial charge in [0.25, 0.3) is 0 Å². The second-order valence-corrected chi connectivity index (χ2v) is 6.04. The third-order valence-corrected chi connectivity index (χ3v) is 3.96. The number of aryl methyl sites for hydroxylation is 2. The molecule has 0 spiro atoms. The molecule has 3 N–H and O–H groups in total. The molecule has 0 unspecified atom stereocenters. The summed E-state index contributed by atoms with van der Waals surface area (Å²) in [6.07, 6.45) is 8.59. The van der Waals surface area contributed by atoms with E-state index in [0.29, 0.717) is 6.04 Å². The fourth-order valence-electron chi connectivity index (χ4n) is 2.75. The molecule has 2 rings (SSSR count). The molecule has 0 saturated heterocycles. The standard InChI is InChI=1S/C16H29N5O/c1-3-17-16(20-14-5-7-15(22)8-6-14)18-9-4-10-21-12-13(2)11-19-21/h11-12,14-15,22H,3-10H2,1-2H3,(H2,17,18,20). The highest BCUT2D eigenvalue weighted by Gasteiger charge is 2.19. The van der Waals surface area contributed by atoms with Crippen molar-refractivity contribution < 1.29 is 5.11 Å². The van der Waals surface area contributed by atoms with Crippen molar-refractivity contribution in [3.05, 3.63) is 18.0 Å². The van der Waals surface area contributed by atoms with Crippen molar-refractivity contribution in [2.45, 2.75) is 64.6 Å². The molecule has 0 amide bonds. The lowest BCUT2D eigenvalue weighted by molar-refractivity contribution is 0.120. The summed E-state index contributed by atoms with van der Waals surface area (Å²) >= 11 is 0. The number of hydrogen-bond donors (Lipinski definition) is 3. The summed E-state index contributed by atoms with van der Waals surface area (Å²) in [6, 6.07) is 0.426. The first kappa shape index (κ1) is 16.8. The molecule has 0 aliphatic heterocycles. The molecule has 6 heteroatoms. The number of aliphatic hydroxyl groups excluding tert-OH is 1. The predicted molar refractivity (Wildman–Crippen MR) is 89.0 cm³/mol. The smallest absolute Gasteiger partial charge is 0.191 e. The zero-order chi connectivity index (χ0) is 15.8. The lowest BCUT2D eigenvalue weighted by Gasteiger charge is -2.27. The van der Waals surface area contributed by atoms with Crippen LogP contribution in [-0.2, 0) is 6.54 Å². The van der Waals surface area contributed by atoms with Crippen LogP contribution in [0.25, 0.3) is 0 Å². The van der Waals surface area contributed by atoms with Gasteiger partial charge in [0, 0.05) is 31.9 Å². The Morgan fingerprint density at radius 2 is 2.18 bits per heavy atom. The highest BCUT2D eigenvalue weighted by Crippen LogP contribution is 2.18. The van der Waals surface area contributed by atoms with E-state index in [0.717, 1.165) is 57.7 Å². The summed E-state index contributed by atoms with van der Waals surface area (Å²) in [7, 11) is 0. The van der Waals surface area contributed by atoms with Crippen molar-refractivity contribution in [2.75, 3.05) is 13.1 Å². The Hall–Kier alpha value is -1.56. The molecule has 22 heavy (non-hydrogen) atoms. The summed E-state index contributed by atoms with van der Waals surface area (Å²) in [5.74, 6) is 0.889. The first-order valence-corrected chi connectivity index (χ1v) is 8.39. The van der Waals surface area contributed by atoms with E-state index in [1.54, 1.807) is 0 Å². The molecule has 1 aliphatic carbocycles. The number of aliphatic imine (C=N–C) groups is 1. The number of hydrogen-bond acceptors (Lipinski definition) is 3. The highest BCUT2D eigenvalue weighted by molar-refractivity contribution is 5.80. The van der Waals surface area contributed by atoms with Crippen LogP contribution in [0.5, 0.6) is 0 Å². The third kappa shape index (κ3) is 5.67. The molecule has 1 heterocycles. The molecule has 1 saturated carbocycles. The average molecular weight is 307 g/mol. The molecule has 1 aromatic rings. The summed E-state index contributed by atoms with van der Waals surface area (Å²) in [4.78, 5) is 4.64. The van der Waals surface area contributed by atoms with Crippen LogP contribution >= 0.6 is 0 Å². The quantitative estimate of drug-likeness (QED) is 0.422. The van der Waals surface area contributed by atoms with Gasteiger partial charge in [-0.1, -0.05) is 0 Å². The number of aromatic nitrogens is 2. The minimum absolute atomic E-state index is 0.116. The van der Waals surface area contributed by atoms with Crippen LogP contribution < -0.4 is 10.6 Å². The van der Waals surface area contributed by atoms with Gasteiger partial charge in [0.05, 0.1) is 12.3 Å². The van der Waals surface area contributed by atoms with Crippen LogP contribution in [0.1, 0.15) is 44.6 Å². The van der Waals surface area contributed by atoms with Crippen LogP contribution in [0.15, 0.2) is 17.4 Å². The Balaban J connectivity index is 1.74. The Labute approximate surface area is 133 Å². The zero-order valence-corrected chi connectivity index (χ0v) is 13.8. The molecule has 124 valence electrons. The highest BCUT2D eigenvalue weighted by atomic mass is 16.3. The SMILES string of the molecule is CCNC(=NCCCn1cc(C)cn1)NC1CCC(O)CC1.